The van der Waals surface area contributed by atoms with Crippen molar-refractivity contribution in [3.63, 3.8) is 0 Å². The number of nitrogens with one attached hydrogen (secondary N) is 1. The molecule has 1 heterocycles. The number of nitrogens with zero attached hydrogens (tertiary/aromatic N) is 2. The molecule has 0 spiro atoms. The minimum Gasteiger partial charge on any atom is -0.477 e. The number of halogens is 1. The smallest absolute Gasteiger partial charge is 0.234 e. The number of alkyl halides is 1. The summed E-state index contributed by atoms with van der Waals surface area (Å²) in [5.41, 5.74) is 0. The van der Waals surface area contributed by atoms with Crippen LogP contribution in [0.2, 0.25) is 0 Å². The van der Waals surface area contributed by atoms with Crippen LogP contribution >= 0.6 is 11.6 Å². The Morgan fingerprint density at radius 3 is 2.84 bits per heavy atom. The monoisotopic (exact) mass is 283 g/mol. The van der Waals surface area contributed by atoms with E-state index in [9.17, 15) is 0 Å². The van der Waals surface area contributed by atoms with Gasteiger partial charge in [0.1, 0.15) is 5.82 Å². The Balaban J connectivity index is 1.88. The fourth-order valence-corrected chi connectivity index (χ4v) is 3.05. The Labute approximate surface area is 119 Å². The maximum atomic E-state index is 6.05. The van der Waals surface area contributed by atoms with Crippen LogP contribution in [0.5, 0.6) is 5.88 Å². The molecule has 4 nitrogen and oxygen atoms in total. The second-order valence-electron chi connectivity index (χ2n) is 5.02. The first-order valence-corrected chi connectivity index (χ1v) is 7.61. The summed E-state index contributed by atoms with van der Waals surface area (Å²) in [6.45, 7) is 3.46. The molecular weight excluding hydrogens is 262 g/mol. The number of rotatable bonds is 6. The lowest BCUT2D eigenvalue weighted by atomic mass is 9.80. The maximum absolute atomic E-state index is 6.05. The van der Waals surface area contributed by atoms with Gasteiger partial charge in [-0.05, 0) is 31.6 Å². The van der Waals surface area contributed by atoms with Crippen molar-refractivity contribution in [3.8, 4) is 5.88 Å². The summed E-state index contributed by atoms with van der Waals surface area (Å²) >= 11 is 6.05. The SMILES string of the molecule is CCOc1cncc(NCC2CCCCC2CCl)n1. The first-order valence-electron chi connectivity index (χ1n) is 7.08. The van der Waals surface area contributed by atoms with Crippen LogP contribution in [0.3, 0.4) is 0 Å². The van der Waals surface area contributed by atoms with Crippen LogP contribution in [0.1, 0.15) is 32.6 Å². The molecule has 1 aromatic rings. The molecule has 1 N–H and O–H groups in total. The van der Waals surface area contributed by atoms with E-state index in [-0.39, 0.29) is 0 Å². The molecule has 1 fully saturated rings. The van der Waals surface area contributed by atoms with Gasteiger partial charge in [-0.15, -0.1) is 11.6 Å². The van der Waals surface area contributed by atoms with Gasteiger partial charge in [0.05, 0.1) is 19.0 Å². The van der Waals surface area contributed by atoms with Gasteiger partial charge in [0.25, 0.3) is 0 Å². The second-order valence-corrected chi connectivity index (χ2v) is 5.32. The van der Waals surface area contributed by atoms with Crippen LogP contribution in [0, 0.1) is 11.8 Å². The average molecular weight is 284 g/mol. The Morgan fingerprint density at radius 2 is 2.11 bits per heavy atom. The fraction of sp³-hybridized carbons (Fsp3) is 0.714. The van der Waals surface area contributed by atoms with Crippen molar-refractivity contribution < 1.29 is 4.74 Å². The summed E-state index contributed by atoms with van der Waals surface area (Å²) < 4.78 is 5.35. The van der Waals surface area contributed by atoms with E-state index in [0.29, 0.717) is 24.3 Å². The molecule has 2 atom stereocenters. The van der Waals surface area contributed by atoms with Gasteiger partial charge in [-0.25, -0.2) is 0 Å². The van der Waals surface area contributed by atoms with Crippen LogP contribution in [-0.4, -0.2) is 29.0 Å². The zero-order chi connectivity index (χ0) is 13.5. The molecule has 1 aromatic heterocycles. The Hall–Kier alpha value is -1.03. The zero-order valence-electron chi connectivity index (χ0n) is 11.4. The molecule has 0 saturated heterocycles. The summed E-state index contributed by atoms with van der Waals surface area (Å²) in [6.07, 6.45) is 8.50. The molecule has 0 aromatic carbocycles. The topological polar surface area (TPSA) is 47.0 Å². The minimum atomic E-state index is 0.574. The van der Waals surface area contributed by atoms with Crippen LogP contribution in [-0.2, 0) is 0 Å². The molecule has 2 rings (SSSR count). The van der Waals surface area contributed by atoms with E-state index in [2.05, 4.69) is 15.3 Å². The molecule has 1 aliphatic carbocycles. The standard InChI is InChI=1S/C14H22ClN3O/c1-2-19-14-10-16-9-13(18-14)17-8-12-6-4-3-5-11(12)7-15/h9-12H,2-8H2,1H3,(H,17,18). The van der Waals surface area contributed by atoms with Gasteiger partial charge in [0, 0.05) is 12.4 Å². The third kappa shape index (κ3) is 4.23. The first-order chi connectivity index (χ1) is 9.33. The molecule has 1 saturated carbocycles. The molecule has 19 heavy (non-hydrogen) atoms. The van der Waals surface area contributed by atoms with Crippen LogP contribution in [0.25, 0.3) is 0 Å². The highest BCUT2D eigenvalue weighted by atomic mass is 35.5. The average Bonchev–Trinajstić information content (AvgIpc) is 2.46. The van der Waals surface area contributed by atoms with E-state index in [1.54, 1.807) is 12.4 Å². The lowest BCUT2D eigenvalue weighted by Gasteiger charge is -2.30. The molecule has 0 aliphatic heterocycles. The second kappa shape index (κ2) is 7.53. The van der Waals surface area contributed by atoms with E-state index in [4.69, 9.17) is 16.3 Å². The van der Waals surface area contributed by atoms with E-state index in [1.165, 1.54) is 25.7 Å². The molecular formula is C14H22ClN3O. The highest BCUT2D eigenvalue weighted by Crippen LogP contribution is 2.31. The van der Waals surface area contributed by atoms with E-state index < -0.39 is 0 Å². The Bertz CT molecular complexity index is 389. The van der Waals surface area contributed by atoms with E-state index in [1.807, 2.05) is 6.92 Å². The number of ether oxygens (including phenoxy) is 1. The van der Waals surface area contributed by atoms with Gasteiger partial charge in [-0.2, -0.15) is 4.98 Å². The Kier molecular flexibility index (Phi) is 5.70. The molecule has 106 valence electrons. The first kappa shape index (κ1) is 14.4. The van der Waals surface area contributed by atoms with Gasteiger partial charge in [0.15, 0.2) is 0 Å². The fourth-order valence-electron chi connectivity index (χ4n) is 2.64. The normalized spacial score (nSPS) is 23.1. The third-order valence-electron chi connectivity index (χ3n) is 3.71. The summed E-state index contributed by atoms with van der Waals surface area (Å²) in [4.78, 5) is 8.50. The molecule has 5 heteroatoms. The molecule has 1 aliphatic rings. The quantitative estimate of drug-likeness (QED) is 0.814. The summed E-state index contributed by atoms with van der Waals surface area (Å²) in [5.74, 6) is 3.39. The van der Waals surface area contributed by atoms with E-state index >= 15 is 0 Å². The van der Waals surface area contributed by atoms with Gasteiger partial charge >= 0.3 is 0 Å². The lowest BCUT2D eigenvalue weighted by Crippen LogP contribution is -2.27. The largest absolute Gasteiger partial charge is 0.477 e. The highest BCUT2D eigenvalue weighted by molar-refractivity contribution is 6.18. The highest BCUT2D eigenvalue weighted by Gasteiger charge is 2.24. The minimum absolute atomic E-state index is 0.574. The summed E-state index contributed by atoms with van der Waals surface area (Å²) in [7, 11) is 0. The summed E-state index contributed by atoms with van der Waals surface area (Å²) in [5, 5.41) is 3.37. The zero-order valence-corrected chi connectivity index (χ0v) is 12.2. The van der Waals surface area contributed by atoms with Crippen LogP contribution in [0.4, 0.5) is 5.82 Å². The number of aromatic nitrogens is 2. The predicted octanol–water partition coefficient (Wildman–Crippen LogP) is 3.33. The van der Waals surface area contributed by atoms with Crippen molar-refractivity contribution in [2.75, 3.05) is 24.3 Å². The number of hydrogen-bond donors (Lipinski definition) is 1. The van der Waals surface area contributed by atoms with Gasteiger partial charge in [-0.3, -0.25) is 4.98 Å². The molecule has 2 unspecified atom stereocenters. The van der Waals surface area contributed by atoms with Gasteiger partial charge in [0.2, 0.25) is 5.88 Å². The molecule has 0 bridgehead atoms. The van der Waals surface area contributed by atoms with Crippen molar-refractivity contribution in [2.45, 2.75) is 32.6 Å². The van der Waals surface area contributed by atoms with E-state index in [0.717, 1.165) is 18.2 Å². The van der Waals surface area contributed by atoms with Crippen molar-refractivity contribution >= 4 is 17.4 Å². The number of hydrogen-bond acceptors (Lipinski definition) is 4. The molecule has 0 radical (unpaired) electrons. The van der Waals surface area contributed by atoms with Crippen LogP contribution < -0.4 is 10.1 Å². The third-order valence-corrected chi connectivity index (χ3v) is 4.11. The number of anilines is 1. The van der Waals surface area contributed by atoms with Gasteiger partial charge < -0.3 is 10.1 Å². The Morgan fingerprint density at radius 1 is 1.32 bits per heavy atom. The van der Waals surface area contributed by atoms with Crippen molar-refractivity contribution in [2.24, 2.45) is 11.8 Å². The molecule has 0 amide bonds. The lowest BCUT2D eigenvalue weighted by molar-refractivity contribution is 0.271. The van der Waals surface area contributed by atoms with Crippen molar-refractivity contribution in [1.29, 1.82) is 0 Å². The summed E-state index contributed by atoms with van der Waals surface area (Å²) in [6, 6.07) is 0. The van der Waals surface area contributed by atoms with Crippen LogP contribution in [0.15, 0.2) is 12.4 Å². The maximum Gasteiger partial charge on any atom is 0.234 e. The van der Waals surface area contributed by atoms with Gasteiger partial charge in [-0.1, -0.05) is 12.8 Å². The van der Waals surface area contributed by atoms with Crippen molar-refractivity contribution in [1.82, 2.24) is 9.97 Å². The van der Waals surface area contributed by atoms with Crippen molar-refractivity contribution in [3.05, 3.63) is 12.4 Å². The predicted molar refractivity (Wildman–Crippen MR) is 77.9 cm³/mol.